The predicted molar refractivity (Wildman–Crippen MR) is 98.3 cm³/mol. The average molecular weight is 381 g/mol. The molecule has 0 aliphatic rings. The Hall–Kier alpha value is -3.84. The van der Waals surface area contributed by atoms with Gasteiger partial charge in [0.15, 0.2) is 0 Å². The monoisotopic (exact) mass is 381 g/mol. The Morgan fingerprint density at radius 3 is 2.81 bits per heavy atom. The summed E-state index contributed by atoms with van der Waals surface area (Å²) in [6.07, 6.45) is 1.28. The van der Waals surface area contributed by atoms with Crippen molar-refractivity contribution in [2.45, 2.75) is 6.54 Å². The van der Waals surface area contributed by atoms with Gasteiger partial charge in [-0.05, 0) is 17.5 Å². The van der Waals surface area contributed by atoms with Gasteiger partial charge in [-0.1, -0.05) is 6.07 Å². The maximum Gasteiger partial charge on any atom is 0.270 e. The van der Waals surface area contributed by atoms with Crippen LogP contribution in [0.2, 0.25) is 0 Å². The molecule has 27 heavy (non-hydrogen) atoms. The first-order valence-electron chi connectivity index (χ1n) is 7.56. The number of carbonyl (C=O) groups is 1. The summed E-state index contributed by atoms with van der Waals surface area (Å²) in [5.41, 5.74) is -0.0453. The highest BCUT2D eigenvalue weighted by molar-refractivity contribution is 7.13. The highest BCUT2D eigenvalue weighted by Gasteiger charge is 2.13. The molecule has 2 heterocycles. The number of thiophene rings is 1. The van der Waals surface area contributed by atoms with Crippen LogP contribution >= 0.6 is 11.3 Å². The Morgan fingerprint density at radius 2 is 2.19 bits per heavy atom. The number of benzene rings is 1. The second kappa shape index (κ2) is 7.59. The van der Waals surface area contributed by atoms with Crippen molar-refractivity contribution in [3.8, 4) is 16.6 Å². The molecule has 10 heteroatoms. The summed E-state index contributed by atoms with van der Waals surface area (Å²) in [4.78, 5) is 39.5. The number of nitro benzene ring substituents is 1. The quantitative estimate of drug-likeness (QED) is 0.533. The lowest BCUT2D eigenvalue weighted by Crippen LogP contribution is -2.27. The predicted octanol–water partition coefficient (Wildman–Crippen LogP) is 2.39. The van der Waals surface area contributed by atoms with Gasteiger partial charge in [-0.15, -0.1) is 11.3 Å². The summed E-state index contributed by atoms with van der Waals surface area (Å²) in [5, 5.41) is 24.2. The number of anilines is 1. The van der Waals surface area contributed by atoms with Crippen molar-refractivity contribution in [1.82, 2.24) is 9.55 Å². The summed E-state index contributed by atoms with van der Waals surface area (Å²) in [5.74, 6) is -0.562. The van der Waals surface area contributed by atoms with Crippen molar-refractivity contribution in [2.24, 2.45) is 0 Å². The van der Waals surface area contributed by atoms with E-state index in [-0.39, 0.29) is 23.5 Å². The molecule has 0 atom stereocenters. The molecule has 1 N–H and O–H groups in total. The maximum atomic E-state index is 12.2. The SMILES string of the molecule is N#Cc1cc([N+](=O)[O-])ccc1NC(=O)Cn1cnc(-c2cccs2)cc1=O. The van der Waals surface area contributed by atoms with Crippen molar-refractivity contribution < 1.29 is 9.72 Å². The molecular weight excluding hydrogens is 370 g/mol. The number of rotatable bonds is 5. The molecule has 134 valence electrons. The van der Waals surface area contributed by atoms with Crippen molar-refractivity contribution in [3.05, 3.63) is 74.1 Å². The lowest BCUT2D eigenvalue weighted by Gasteiger charge is -2.08. The van der Waals surface area contributed by atoms with Gasteiger partial charge in [0.1, 0.15) is 12.6 Å². The van der Waals surface area contributed by atoms with Gasteiger partial charge in [-0.25, -0.2) is 4.98 Å². The van der Waals surface area contributed by atoms with E-state index >= 15 is 0 Å². The fraction of sp³-hybridized carbons (Fsp3) is 0.0588. The lowest BCUT2D eigenvalue weighted by atomic mass is 10.1. The van der Waals surface area contributed by atoms with E-state index in [1.165, 1.54) is 35.9 Å². The fourth-order valence-electron chi connectivity index (χ4n) is 2.30. The Kier molecular flexibility index (Phi) is 5.05. The van der Waals surface area contributed by atoms with Crippen LogP contribution in [-0.4, -0.2) is 20.4 Å². The summed E-state index contributed by atoms with van der Waals surface area (Å²) in [6, 6.07) is 10.3. The topological polar surface area (TPSA) is 131 Å². The Labute approximate surface area is 156 Å². The third-order valence-corrected chi connectivity index (χ3v) is 4.47. The molecule has 0 saturated heterocycles. The average Bonchev–Trinajstić information content (AvgIpc) is 3.18. The van der Waals surface area contributed by atoms with Gasteiger partial charge in [-0.3, -0.25) is 24.3 Å². The number of amides is 1. The molecule has 0 saturated carbocycles. The lowest BCUT2D eigenvalue weighted by molar-refractivity contribution is -0.384. The minimum absolute atomic E-state index is 0.0453. The zero-order valence-electron chi connectivity index (χ0n) is 13.7. The molecule has 2 aromatic heterocycles. The number of nitrogens with zero attached hydrogens (tertiary/aromatic N) is 4. The van der Waals surface area contributed by atoms with Gasteiger partial charge < -0.3 is 5.32 Å². The molecule has 1 amide bonds. The smallest absolute Gasteiger partial charge is 0.270 e. The number of aromatic nitrogens is 2. The molecule has 9 nitrogen and oxygen atoms in total. The molecule has 0 radical (unpaired) electrons. The van der Waals surface area contributed by atoms with Crippen LogP contribution in [0, 0.1) is 21.4 Å². The number of nitrogens with one attached hydrogen (secondary N) is 1. The van der Waals surface area contributed by atoms with Gasteiger partial charge in [0.2, 0.25) is 5.91 Å². The molecular formula is C17H11N5O4S. The van der Waals surface area contributed by atoms with Gasteiger partial charge in [-0.2, -0.15) is 5.26 Å². The van der Waals surface area contributed by atoms with Crippen LogP contribution in [0.1, 0.15) is 5.56 Å². The molecule has 0 aliphatic heterocycles. The van der Waals surface area contributed by atoms with Crippen LogP contribution in [0.3, 0.4) is 0 Å². The summed E-state index contributed by atoms with van der Waals surface area (Å²) >= 11 is 1.45. The molecule has 3 rings (SSSR count). The molecule has 0 unspecified atom stereocenters. The number of nitriles is 1. The minimum Gasteiger partial charge on any atom is -0.323 e. The van der Waals surface area contributed by atoms with Gasteiger partial charge in [0.05, 0.1) is 33.1 Å². The van der Waals surface area contributed by atoms with Crippen molar-refractivity contribution in [2.75, 3.05) is 5.32 Å². The van der Waals surface area contributed by atoms with Crippen LogP contribution in [0.5, 0.6) is 0 Å². The van der Waals surface area contributed by atoms with E-state index in [4.69, 9.17) is 5.26 Å². The van der Waals surface area contributed by atoms with Crippen LogP contribution in [-0.2, 0) is 11.3 Å². The first-order chi connectivity index (χ1) is 13.0. The number of hydrogen-bond acceptors (Lipinski definition) is 7. The third-order valence-electron chi connectivity index (χ3n) is 3.58. The van der Waals surface area contributed by atoms with E-state index in [2.05, 4.69) is 10.3 Å². The summed E-state index contributed by atoms with van der Waals surface area (Å²) in [6.45, 7) is -0.307. The van der Waals surface area contributed by atoms with Gasteiger partial charge in [0, 0.05) is 18.2 Å². The van der Waals surface area contributed by atoms with E-state index in [0.717, 1.165) is 15.5 Å². The first kappa shape index (κ1) is 18.0. The molecule has 0 bridgehead atoms. The Balaban J connectivity index is 1.76. The third kappa shape index (κ3) is 4.05. The summed E-state index contributed by atoms with van der Waals surface area (Å²) < 4.78 is 1.13. The maximum absolute atomic E-state index is 12.2. The molecule has 0 aliphatic carbocycles. The van der Waals surface area contributed by atoms with E-state index in [1.807, 2.05) is 17.5 Å². The second-order valence-electron chi connectivity index (χ2n) is 5.36. The van der Waals surface area contributed by atoms with Crippen LogP contribution < -0.4 is 10.9 Å². The highest BCUT2D eigenvalue weighted by atomic mass is 32.1. The van der Waals surface area contributed by atoms with Gasteiger partial charge >= 0.3 is 0 Å². The molecule has 0 spiro atoms. The number of nitro groups is 1. The van der Waals surface area contributed by atoms with E-state index < -0.39 is 16.4 Å². The highest BCUT2D eigenvalue weighted by Crippen LogP contribution is 2.22. The largest absolute Gasteiger partial charge is 0.323 e. The van der Waals surface area contributed by atoms with Crippen molar-refractivity contribution >= 4 is 28.6 Å². The first-order valence-corrected chi connectivity index (χ1v) is 8.44. The van der Waals surface area contributed by atoms with Crippen LogP contribution in [0.4, 0.5) is 11.4 Å². The van der Waals surface area contributed by atoms with Crippen LogP contribution in [0.15, 0.2) is 52.9 Å². The molecule has 1 aromatic carbocycles. The number of carbonyl (C=O) groups excluding carboxylic acids is 1. The van der Waals surface area contributed by atoms with Crippen molar-refractivity contribution in [3.63, 3.8) is 0 Å². The van der Waals surface area contributed by atoms with Crippen molar-refractivity contribution in [1.29, 1.82) is 5.26 Å². The van der Waals surface area contributed by atoms with E-state index in [1.54, 1.807) is 6.07 Å². The van der Waals surface area contributed by atoms with E-state index in [0.29, 0.717) is 5.69 Å². The molecule has 3 aromatic rings. The van der Waals surface area contributed by atoms with Crippen LogP contribution in [0.25, 0.3) is 10.6 Å². The summed E-state index contributed by atoms with van der Waals surface area (Å²) in [7, 11) is 0. The number of hydrogen-bond donors (Lipinski definition) is 1. The Morgan fingerprint density at radius 1 is 1.37 bits per heavy atom. The standard InChI is InChI=1S/C17H11N5O4S/c18-8-11-6-12(22(25)26)3-4-13(11)20-16(23)9-21-10-19-14(7-17(21)24)15-2-1-5-27-15/h1-7,10H,9H2,(H,20,23). The minimum atomic E-state index is -0.632. The Bertz CT molecular complexity index is 1120. The van der Waals surface area contributed by atoms with E-state index in [9.17, 15) is 19.7 Å². The fourth-order valence-corrected chi connectivity index (χ4v) is 2.99. The van der Waals surface area contributed by atoms with Gasteiger partial charge in [0.25, 0.3) is 11.2 Å². The zero-order chi connectivity index (χ0) is 19.4. The molecule has 0 fully saturated rings. The normalized spacial score (nSPS) is 10.2. The number of non-ortho nitro benzene ring substituents is 1. The zero-order valence-corrected chi connectivity index (χ0v) is 14.5. The second-order valence-corrected chi connectivity index (χ2v) is 6.31.